The SMILES string of the molecule is CC(C)CC(CCC1CCCCC1)C(C(=O)OC(C)(C)C)[C@@H](CC(C)C)C(=O)NN. The van der Waals surface area contributed by atoms with Crippen LogP contribution in [0.15, 0.2) is 0 Å². The Morgan fingerprint density at radius 1 is 1.00 bits per heavy atom. The summed E-state index contributed by atoms with van der Waals surface area (Å²) >= 11 is 0. The lowest BCUT2D eigenvalue weighted by atomic mass is 9.71. The summed E-state index contributed by atoms with van der Waals surface area (Å²) < 4.78 is 5.85. The second-order valence-electron chi connectivity index (χ2n) is 11.3. The van der Waals surface area contributed by atoms with E-state index in [-0.39, 0.29) is 23.7 Å². The summed E-state index contributed by atoms with van der Waals surface area (Å²) in [7, 11) is 0. The molecule has 0 bridgehead atoms. The molecule has 1 fully saturated rings. The lowest BCUT2D eigenvalue weighted by Crippen LogP contribution is -2.46. The van der Waals surface area contributed by atoms with Crippen molar-refractivity contribution >= 4 is 11.9 Å². The topological polar surface area (TPSA) is 81.4 Å². The van der Waals surface area contributed by atoms with Gasteiger partial charge in [0.15, 0.2) is 0 Å². The molecule has 0 saturated heterocycles. The minimum Gasteiger partial charge on any atom is -0.460 e. The van der Waals surface area contributed by atoms with Crippen molar-refractivity contribution in [3.05, 3.63) is 0 Å². The van der Waals surface area contributed by atoms with Gasteiger partial charge in [0.1, 0.15) is 5.60 Å². The number of hydrogen-bond donors (Lipinski definition) is 2. The largest absolute Gasteiger partial charge is 0.460 e. The van der Waals surface area contributed by atoms with E-state index in [2.05, 4.69) is 33.1 Å². The molecular weight excluding hydrogens is 376 g/mol. The van der Waals surface area contributed by atoms with Gasteiger partial charge in [-0.05, 0) is 63.7 Å². The standard InChI is InChI=1S/C25H48N2O3/c1-17(2)15-20(14-13-19-11-9-8-10-12-19)22(24(29)30-25(5,6)7)21(16-18(3)4)23(28)27-26/h17-22H,8-16,26H2,1-7H3,(H,27,28)/t20?,21-,22?/m1/s1. The molecule has 1 saturated carbocycles. The fourth-order valence-corrected chi connectivity index (χ4v) is 5.06. The van der Waals surface area contributed by atoms with Gasteiger partial charge in [-0.15, -0.1) is 0 Å². The van der Waals surface area contributed by atoms with Gasteiger partial charge in [0.2, 0.25) is 5.91 Å². The first-order valence-electron chi connectivity index (χ1n) is 12.2. The number of carbonyl (C=O) groups is 2. The maximum absolute atomic E-state index is 13.4. The molecule has 1 rings (SSSR count). The van der Waals surface area contributed by atoms with Gasteiger partial charge in [-0.25, -0.2) is 5.84 Å². The lowest BCUT2D eigenvalue weighted by molar-refractivity contribution is -0.167. The molecule has 0 aromatic heterocycles. The first kappa shape index (κ1) is 26.9. The highest BCUT2D eigenvalue weighted by Crippen LogP contribution is 2.38. The Hall–Kier alpha value is -1.10. The van der Waals surface area contributed by atoms with Crippen molar-refractivity contribution in [2.24, 2.45) is 41.4 Å². The second kappa shape index (κ2) is 12.7. The maximum Gasteiger partial charge on any atom is 0.310 e. The predicted molar refractivity (Wildman–Crippen MR) is 123 cm³/mol. The fraction of sp³-hybridized carbons (Fsp3) is 0.920. The summed E-state index contributed by atoms with van der Waals surface area (Å²) in [5.74, 6) is 5.77. The van der Waals surface area contributed by atoms with Crippen LogP contribution in [0.1, 0.15) is 106 Å². The van der Waals surface area contributed by atoms with E-state index in [0.717, 1.165) is 25.2 Å². The molecule has 1 amide bonds. The molecule has 0 heterocycles. The number of esters is 1. The van der Waals surface area contributed by atoms with Crippen LogP contribution in [-0.4, -0.2) is 17.5 Å². The summed E-state index contributed by atoms with van der Waals surface area (Å²) in [6, 6.07) is 0. The Morgan fingerprint density at radius 2 is 1.57 bits per heavy atom. The van der Waals surface area contributed by atoms with Crippen molar-refractivity contribution in [3.63, 3.8) is 0 Å². The summed E-state index contributed by atoms with van der Waals surface area (Å²) in [4.78, 5) is 26.2. The Kier molecular flexibility index (Phi) is 11.4. The quantitative estimate of drug-likeness (QED) is 0.195. The highest BCUT2D eigenvalue weighted by Gasteiger charge is 2.42. The van der Waals surface area contributed by atoms with Crippen LogP contribution in [0.5, 0.6) is 0 Å². The third-order valence-corrected chi connectivity index (χ3v) is 6.27. The van der Waals surface area contributed by atoms with Crippen LogP contribution in [0.2, 0.25) is 0 Å². The average molecular weight is 425 g/mol. The van der Waals surface area contributed by atoms with Gasteiger partial charge in [0.05, 0.1) is 11.8 Å². The predicted octanol–water partition coefficient (Wildman–Crippen LogP) is 5.62. The van der Waals surface area contributed by atoms with Crippen LogP contribution in [0.4, 0.5) is 0 Å². The molecule has 5 nitrogen and oxygen atoms in total. The maximum atomic E-state index is 13.4. The minimum atomic E-state index is -0.581. The number of rotatable bonds is 11. The molecule has 2 unspecified atom stereocenters. The lowest BCUT2D eigenvalue weighted by Gasteiger charge is -2.36. The third-order valence-electron chi connectivity index (χ3n) is 6.27. The van der Waals surface area contributed by atoms with E-state index in [1.165, 1.54) is 32.1 Å². The normalized spacial score (nSPS) is 18.9. The molecular formula is C25H48N2O3. The molecule has 176 valence electrons. The summed E-state index contributed by atoms with van der Waals surface area (Å²) in [6.07, 6.45) is 10.2. The molecule has 0 aromatic rings. The third kappa shape index (κ3) is 9.80. The molecule has 30 heavy (non-hydrogen) atoms. The van der Waals surface area contributed by atoms with E-state index >= 15 is 0 Å². The molecule has 3 N–H and O–H groups in total. The highest BCUT2D eigenvalue weighted by molar-refractivity contribution is 5.85. The molecule has 0 radical (unpaired) electrons. The van der Waals surface area contributed by atoms with Crippen molar-refractivity contribution in [1.82, 2.24) is 5.43 Å². The smallest absolute Gasteiger partial charge is 0.310 e. The fourth-order valence-electron chi connectivity index (χ4n) is 5.06. The van der Waals surface area contributed by atoms with Crippen LogP contribution in [0.25, 0.3) is 0 Å². The number of nitrogens with two attached hydrogens (primary N) is 1. The van der Waals surface area contributed by atoms with Gasteiger partial charge in [0.25, 0.3) is 0 Å². The van der Waals surface area contributed by atoms with E-state index in [1.54, 1.807) is 0 Å². The summed E-state index contributed by atoms with van der Waals surface area (Å²) in [5.41, 5.74) is 1.75. The number of ether oxygens (including phenoxy) is 1. The van der Waals surface area contributed by atoms with Crippen molar-refractivity contribution in [2.75, 3.05) is 0 Å². The zero-order valence-corrected chi connectivity index (χ0v) is 20.6. The monoisotopic (exact) mass is 424 g/mol. The Bertz CT molecular complexity index is 519. The van der Waals surface area contributed by atoms with Gasteiger partial charge in [-0.1, -0.05) is 66.2 Å². The van der Waals surface area contributed by atoms with Crippen molar-refractivity contribution in [2.45, 2.75) is 112 Å². The molecule has 0 spiro atoms. The average Bonchev–Trinajstić information content (AvgIpc) is 2.63. The van der Waals surface area contributed by atoms with E-state index in [0.29, 0.717) is 12.3 Å². The number of nitrogens with one attached hydrogen (secondary N) is 1. The summed E-state index contributed by atoms with van der Waals surface area (Å²) in [5, 5.41) is 0. The molecule has 0 aromatic carbocycles. The molecule has 3 atom stereocenters. The Labute approximate surface area is 185 Å². The van der Waals surface area contributed by atoms with E-state index in [9.17, 15) is 9.59 Å². The van der Waals surface area contributed by atoms with Crippen molar-refractivity contribution < 1.29 is 14.3 Å². The Balaban J connectivity index is 3.19. The Morgan fingerprint density at radius 3 is 2.03 bits per heavy atom. The van der Waals surface area contributed by atoms with E-state index in [4.69, 9.17) is 10.6 Å². The van der Waals surface area contributed by atoms with Crippen molar-refractivity contribution in [1.29, 1.82) is 0 Å². The summed E-state index contributed by atoms with van der Waals surface area (Å²) in [6.45, 7) is 14.2. The van der Waals surface area contributed by atoms with Crippen LogP contribution >= 0.6 is 0 Å². The van der Waals surface area contributed by atoms with Gasteiger partial charge >= 0.3 is 5.97 Å². The van der Waals surface area contributed by atoms with Crippen LogP contribution in [0, 0.1) is 35.5 Å². The second-order valence-corrected chi connectivity index (χ2v) is 11.3. The van der Waals surface area contributed by atoms with Crippen LogP contribution < -0.4 is 11.3 Å². The van der Waals surface area contributed by atoms with Gasteiger partial charge in [-0.2, -0.15) is 0 Å². The van der Waals surface area contributed by atoms with Gasteiger partial charge < -0.3 is 4.74 Å². The number of carbonyl (C=O) groups excluding carboxylic acids is 2. The first-order valence-corrected chi connectivity index (χ1v) is 12.2. The number of amides is 1. The molecule has 1 aliphatic rings. The molecule has 0 aliphatic heterocycles. The van der Waals surface area contributed by atoms with Gasteiger partial charge in [-0.3, -0.25) is 15.0 Å². The first-order chi connectivity index (χ1) is 13.9. The van der Waals surface area contributed by atoms with E-state index in [1.807, 2.05) is 20.8 Å². The molecule has 1 aliphatic carbocycles. The highest BCUT2D eigenvalue weighted by atomic mass is 16.6. The van der Waals surface area contributed by atoms with Gasteiger partial charge in [0, 0.05) is 0 Å². The van der Waals surface area contributed by atoms with E-state index < -0.39 is 17.4 Å². The van der Waals surface area contributed by atoms with Crippen molar-refractivity contribution in [3.8, 4) is 0 Å². The number of hydrogen-bond acceptors (Lipinski definition) is 4. The zero-order chi connectivity index (χ0) is 22.9. The van der Waals surface area contributed by atoms with Crippen LogP contribution in [0.3, 0.4) is 0 Å². The number of hydrazine groups is 1. The molecule has 5 heteroatoms. The minimum absolute atomic E-state index is 0.128. The zero-order valence-electron chi connectivity index (χ0n) is 20.6. The van der Waals surface area contributed by atoms with Crippen LogP contribution in [-0.2, 0) is 14.3 Å².